The Bertz CT molecular complexity index is 454. The van der Waals surface area contributed by atoms with E-state index in [0.717, 1.165) is 37.2 Å². The number of anilines is 1. The molecule has 0 unspecified atom stereocenters. The minimum Gasteiger partial charge on any atom is -0.478 e. The van der Waals surface area contributed by atoms with Crippen LogP contribution in [0.5, 0.6) is 0 Å². The van der Waals surface area contributed by atoms with Crippen LogP contribution >= 0.6 is 0 Å². The molecule has 0 aromatic heterocycles. The average Bonchev–Trinajstić information content (AvgIpc) is 2.38. The Kier molecular flexibility index (Phi) is 6.73. The first-order valence-corrected chi connectivity index (χ1v) is 7.90. The van der Waals surface area contributed by atoms with E-state index in [0.29, 0.717) is 17.4 Å². The molecule has 0 bridgehead atoms. The van der Waals surface area contributed by atoms with Crippen LogP contribution in [0.25, 0.3) is 0 Å². The number of para-hydroxylation sites is 1. The van der Waals surface area contributed by atoms with Gasteiger partial charge < -0.3 is 10.0 Å². The molecule has 1 aromatic rings. The van der Waals surface area contributed by atoms with Crippen molar-refractivity contribution in [1.82, 2.24) is 0 Å². The number of hydrogen-bond donors (Lipinski definition) is 1. The number of rotatable bonds is 8. The van der Waals surface area contributed by atoms with E-state index in [9.17, 15) is 9.90 Å². The van der Waals surface area contributed by atoms with Gasteiger partial charge in [0.15, 0.2) is 0 Å². The molecule has 0 fully saturated rings. The normalized spacial score (nSPS) is 11.2. The molecule has 0 spiro atoms. The summed E-state index contributed by atoms with van der Waals surface area (Å²) in [7, 11) is 0. The van der Waals surface area contributed by atoms with Crippen LogP contribution < -0.4 is 4.90 Å². The zero-order valence-electron chi connectivity index (χ0n) is 14.0. The molecule has 3 nitrogen and oxygen atoms in total. The van der Waals surface area contributed by atoms with Crippen LogP contribution in [0.2, 0.25) is 0 Å². The Labute approximate surface area is 129 Å². The van der Waals surface area contributed by atoms with Gasteiger partial charge in [-0.15, -0.1) is 0 Å². The molecule has 0 aliphatic rings. The smallest absolute Gasteiger partial charge is 0.337 e. The summed E-state index contributed by atoms with van der Waals surface area (Å²) in [6, 6.07) is 5.54. The summed E-state index contributed by atoms with van der Waals surface area (Å²) < 4.78 is 0. The number of hydrogen-bond acceptors (Lipinski definition) is 2. The summed E-state index contributed by atoms with van der Waals surface area (Å²) >= 11 is 0. The number of carbonyl (C=O) groups is 1. The predicted octanol–water partition coefficient (Wildman–Crippen LogP) is 4.59. The number of benzene rings is 1. The zero-order chi connectivity index (χ0) is 16.0. The van der Waals surface area contributed by atoms with Gasteiger partial charge in [-0.1, -0.05) is 39.8 Å². The molecule has 3 heteroatoms. The fourth-order valence-corrected chi connectivity index (χ4v) is 2.41. The lowest BCUT2D eigenvalue weighted by Gasteiger charge is -2.29. The van der Waals surface area contributed by atoms with E-state index in [2.05, 4.69) is 32.6 Å². The van der Waals surface area contributed by atoms with Gasteiger partial charge in [-0.2, -0.15) is 0 Å². The first-order chi connectivity index (χ1) is 9.82. The molecule has 1 aromatic carbocycles. The molecule has 21 heavy (non-hydrogen) atoms. The van der Waals surface area contributed by atoms with Gasteiger partial charge in [0.1, 0.15) is 0 Å². The SMILES string of the molecule is Cc1cccc(C(=O)O)c1N(CCC(C)C)CCC(C)C. The van der Waals surface area contributed by atoms with Crippen molar-refractivity contribution in [3.8, 4) is 0 Å². The third kappa shape index (κ3) is 5.41. The topological polar surface area (TPSA) is 40.5 Å². The quantitative estimate of drug-likeness (QED) is 0.761. The van der Waals surface area contributed by atoms with E-state index in [-0.39, 0.29) is 0 Å². The van der Waals surface area contributed by atoms with Crippen LogP contribution in [-0.2, 0) is 0 Å². The highest BCUT2D eigenvalue weighted by atomic mass is 16.4. The lowest BCUT2D eigenvalue weighted by atomic mass is 10.0. The second-order valence-electron chi connectivity index (χ2n) is 6.63. The molecule has 0 heterocycles. The average molecular weight is 291 g/mol. The Hall–Kier alpha value is -1.51. The second-order valence-corrected chi connectivity index (χ2v) is 6.63. The predicted molar refractivity (Wildman–Crippen MR) is 89.3 cm³/mol. The number of carboxylic acid groups (broad SMARTS) is 1. The van der Waals surface area contributed by atoms with Gasteiger partial charge in [-0.25, -0.2) is 4.79 Å². The van der Waals surface area contributed by atoms with E-state index in [4.69, 9.17) is 0 Å². The Morgan fingerprint density at radius 1 is 1.10 bits per heavy atom. The van der Waals surface area contributed by atoms with Crippen molar-refractivity contribution in [3.63, 3.8) is 0 Å². The monoisotopic (exact) mass is 291 g/mol. The van der Waals surface area contributed by atoms with Gasteiger partial charge >= 0.3 is 5.97 Å². The van der Waals surface area contributed by atoms with Crippen molar-refractivity contribution in [3.05, 3.63) is 29.3 Å². The molecule has 0 aliphatic heterocycles. The van der Waals surface area contributed by atoms with Crippen LogP contribution in [-0.4, -0.2) is 24.2 Å². The minimum absolute atomic E-state index is 0.419. The summed E-state index contributed by atoms with van der Waals surface area (Å²) in [4.78, 5) is 13.8. The first kappa shape index (κ1) is 17.5. The zero-order valence-corrected chi connectivity index (χ0v) is 14.0. The highest BCUT2D eigenvalue weighted by molar-refractivity contribution is 5.95. The van der Waals surface area contributed by atoms with Gasteiger partial charge in [0.05, 0.1) is 11.3 Å². The van der Waals surface area contributed by atoms with Gasteiger partial charge in [-0.3, -0.25) is 0 Å². The summed E-state index contributed by atoms with van der Waals surface area (Å²) in [6.07, 6.45) is 2.15. The van der Waals surface area contributed by atoms with Gasteiger partial charge in [0.2, 0.25) is 0 Å². The lowest BCUT2D eigenvalue weighted by Crippen LogP contribution is -2.30. The molecule has 0 amide bonds. The summed E-state index contributed by atoms with van der Waals surface area (Å²) in [5, 5.41) is 9.47. The molecule has 118 valence electrons. The molecule has 0 atom stereocenters. The number of carboxylic acids is 1. The van der Waals surface area contributed by atoms with Gasteiger partial charge in [0.25, 0.3) is 0 Å². The molecule has 0 saturated heterocycles. The van der Waals surface area contributed by atoms with Crippen molar-refractivity contribution < 1.29 is 9.90 Å². The second kappa shape index (κ2) is 8.06. The number of aryl methyl sites for hydroxylation is 1. The molecule has 0 aliphatic carbocycles. The standard InChI is InChI=1S/C18H29NO2/c1-13(2)9-11-19(12-10-14(3)4)17-15(5)7-6-8-16(17)18(20)21/h6-8,13-14H,9-12H2,1-5H3,(H,20,21). The molecular weight excluding hydrogens is 262 g/mol. The Balaban J connectivity index is 3.08. The van der Waals surface area contributed by atoms with E-state index in [1.807, 2.05) is 19.1 Å². The maximum Gasteiger partial charge on any atom is 0.337 e. The maximum atomic E-state index is 11.5. The van der Waals surface area contributed by atoms with Crippen LogP contribution in [0.15, 0.2) is 18.2 Å². The first-order valence-electron chi connectivity index (χ1n) is 7.90. The third-order valence-electron chi connectivity index (χ3n) is 3.74. The number of nitrogens with zero attached hydrogens (tertiary/aromatic N) is 1. The van der Waals surface area contributed by atoms with E-state index < -0.39 is 5.97 Å². The van der Waals surface area contributed by atoms with Crippen LogP contribution in [0.3, 0.4) is 0 Å². The molecular formula is C18H29NO2. The summed E-state index contributed by atoms with van der Waals surface area (Å²) in [5.41, 5.74) is 2.36. The van der Waals surface area contributed by atoms with E-state index in [1.165, 1.54) is 0 Å². The fraction of sp³-hybridized carbons (Fsp3) is 0.611. The highest BCUT2D eigenvalue weighted by Gasteiger charge is 2.18. The van der Waals surface area contributed by atoms with Crippen molar-refractivity contribution in [2.45, 2.75) is 47.5 Å². The summed E-state index contributed by atoms with van der Waals surface area (Å²) in [6.45, 7) is 12.6. The van der Waals surface area contributed by atoms with Gasteiger partial charge in [0, 0.05) is 13.1 Å². The molecule has 0 saturated carbocycles. The Morgan fingerprint density at radius 2 is 1.62 bits per heavy atom. The van der Waals surface area contributed by atoms with Gasteiger partial charge in [-0.05, 0) is 43.2 Å². The highest BCUT2D eigenvalue weighted by Crippen LogP contribution is 2.27. The Morgan fingerprint density at radius 3 is 2.05 bits per heavy atom. The van der Waals surface area contributed by atoms with E-state index in [1.54, 1.807) is 6.07 Å². The fourth-order valence-electron chi connectivity index (χ4n) is 2.41. The molecule has 1 N–H and O–H groups in total. The lowest BCUT2D eigenvalue weighted by molar-refractivity contribution is 0.0697. The van der Waals surface area contributed by atoms with Crippen molar-refractivity contribution in [1.29, 1.82) is 0 Å². The largest absolute Gasteiger partial charge is 0.478 e. The van der Waals surface area contributed by atoms with Crippen molar-refractivity contribution >= 4 is 11.7 Å². The van der Waals surface area contributed by atoms with Crippen molar-refractivity contribution in [2.24, 2.45) is 11.8 Å². The van der Waals surface area contributed by atoms with E-state index >= 15 is 0 Å². The van der Waals surface area contributed by atoms with Crippen LogP contribution in [0.4, 0.5) is 5.69 Å². The van der Waals surface area contributed by atoms with Crippen LogP contribution in [0.1, 0.15) is 56.5 Å². The minimum atomic E-state index is -0.840. The maximum absolute atomic E-state index is 11.5. The van der Waals surface area contributed by atoms with Crippen molar-refractivity contribution in [2.75, 3.05) is 18.0 Å². The molecule has 0 radical (unpaired) electrons. The van der Waals surface area contributed by atoms with Crippen LogP contribution in [0, 0.1) is 18.8 Å². The molecule has 1 rings (SSSR count). The summed E-state index contributed by atoms with van der Waals surface area (Å²) in [5.74, 6) is 0.389. The number of aromatic carboxylic acids is 1. The third-order valence-corrected chi connectivity index (χ3v) is 3.74.